The van der Waals surface area contributed by atoms with E-state index >= 15 is 0 Å². The molecule has 1 aromatic heterocycles. The minimum absolute atomic E-state index is 0.137. The summed E-state index contributed by atoms with van der Waals surface area (Å²) in [6.07, 6.45) is 5.31. The number of pyridine rings is 1. The van der Waals surface area contributed by atoms with E-state index in [1.54, 1.807) is 12.4 Å². The number of hydrogen-bond donors (Lipinski definition) is 1. The third-order valence-electron chi connectivity index (χ3n) is 2.97. The van der Waals surface area contributed by atoms with Crippen molar-refractivity contribution in [3.05, 3.63) is 58.3 Å². The Bertz CT molecular complexity index is 543. The standard InChI is InChI=1S/C16H19BrN2O/c1-12(18)10-14-11-15(2-3-16(14)17)20-9-6-13-4-7-19-8-5-13/h2-5,7-8,11-12H,6,9-10,18H2,1H3. The fraction of sp³-hybridized carbons (Fsp3) is 0.312. The summed E-state index contributed by atoms with van der Waals surface area (Å²) in [5, 5.41) is 0. The summed E-state index contributed by atoms with van der Waals surface area (Å²) in [6, 6.07) is 10.2. The molecule has 0 saturated carbocycles. The summed E-state index contributed by atoms with van der Waals surface area (Å²) < 4.78 is 6.88. The number of rotatable bonds is 6. The van der Waals surface area contributed by atoms with E-state index < -0.39 is 0 Å². The maximum atomic E-state index is 5.85. The van der Waals surface area contributed by atoms with Gasteiger partial charge in [-0.15, -0.1) is 0 Å². The maximum Gasteiger partial charge on any atom is 0.119 e. The number of nitrogens with two attached hydrogens (primary N) is 1. The van der Waals surface area contributed by atoms with Gasteiger partial charge in [0.1, 0.15) is 5.75 Å². The number of benzene rings is 1. The second-order valence-electron chi connectivity index (χ2n) is 4.89. The smallest absolute Gasteiger partial charge is 0.119 e. The van der Waals surface area contributed by atoms with Gasteiger partial charge in [-0.1, -0.05) is 15.9 Å². The van der Waals surface area contributed by atoms with Crippen LogP contribution in [0.5, 0.6) is 5.75 Å². The van der Waals surface area contributed by atoms with E-state index in [0.717, 1.165) is 23.1 Å². The van der Waals surface area contributed by atoms with Crippen LogP contribution in [0.1, 0.15) is 18.1 Å². The molecule has 0 aliphatic rings. The van der Waals surface area contributed by atoms with Gasteiger partial charge in [0.15, 0.2) is 0 Å². The Morgan fingerprint density at radius 3 is 2.70 bits per heavy atom. The van der Waals surface area contributed by atoms with E-state index in [0.29, 0.717) is 6.61 Å². The third kappa shape index (κ3) is 4.62. The van der Waals surface area contributed by atoms with E-state index in [4.69, 9.17) is 10.5 Å². The second-order valence-corrected chi connectivity index (χ2v) is 5.74. The highest BCUT2D eigenvalue weighted by molar-refractivity contribution is 9.10. The lowest BCUT2D eigenvalue weighted by Crippen LogP contribution is -2.18. The van der Waals surface area contributed by atoms with Crippen molar-refractivity contribution in [2.24, 2.45) is 5.73 Å². The second kappa shape index (κ2) is 7.41. The monoisotopic (exact) mass is 334 g/mol. The Hall–Kier alpha value is -1.39. The number of ether oxygens (including phenoxy) is 1. The molecule has 2 rings (SSSR count). The fourth-order valence-electron chi connectivity index (χ4n) is 1.98. The van der Waals surface area contributed by atoms with Gasteiger partial charge in [0.25, 0.3) is 0 Å². The zero-order chi connectivity index (χ0) is 14.4. The van der Waals surface area contributed by atoms with Gasteiger partial charge in [0.05, 0.1) is 6.61 Å². The quantitative estimate of drug-likeness (QED) is 0.881. The minimum atomic E-state index is 0.137. The highest BCUT2D eigenvalue weighted by Gasteiger charge is 2.05. The van der Waals surface area contributed by atoms with E-state index in [1.807, 2.05) is 31.2 Å². The summed E-state index contributed by atoms with van der Waals surface area (Å²) in [7, 11) is 0. The predicted octanol–water partition coefficient (Wildman–Crippen LogP) is 3.36. The molecule has 2 N–H and O–H groups in total. The Balaban J connectivity index is 1.93. The topological polar surface area (TPSA) is 48.1 Å². The molecule has 0 fully saturated rings. The highest BCUT2D eigenvalue weighted by atomic mass is 79.9. The number of aromatic nitrogens is 1. The van der Waals surface area contributed by atoms with Gasteiger partial charge in [0, 0.05) is 29.3 Å². The number of nitrogens with zero attached hydrogens (tertiary/aromatic N) is 1. The normalized spacial score (nSPS) is 12.2. The maximum absolute atomic E-state index is 5.85. The van der Waals surface area contributed by atoms with Crippen LogP contribution in [-0.4, -0.2) is 17.6 Å². The number of halogens is 1. The van der Waals surface area contributed by atoms with Gasteiger partial charge in [-0.05, 0) is 54.8 Å². The van der Waals surface area contributed by atoms with Gasteiger partial charge in [-0.2, -0.15) is 0 Å². The molecule has 1 atom stereocenters. The van der Waals surface area contributed by atoms with Crippen LogP contribution in [-0.2, 0) is 12.8 Å². The molecular formula is C16H19BrN2O. The summed E-state index contributed by atoms with van der Waals surface area (Å²) in [5.41, 5.74) is 8.26. The van der Waals surface area contributed by atoms with Crippen molar-refractivity contribution in [3.8, 4) is 5.75 Å². The molecule has 20 heavy (non-hydrogen) atoms. The van der Waals surface area contributed by atoms with Crippen LogP contribution < -0.4 is 10.5 Å². The van der Waals surface area contributed by atoms with E-state index in [1.165, 1.54) is 11.1 Å². The molecule has 0 spiro atoms. The van der Waals surface area contributed by atoms with Crippen LogP contribution in [0.3, 0.4) is 0 Å². The van der Waals surface area contributed by atoms with E-state index in [-0.39, 0.29) is 6.04 Å². The molecule has 1 aromatic carbocycles. The lowest BCUT2D eigenvalue weighted by Gasteiger charge is -2.11. The van der Waals surface area contributed by atoms with Crippen LogP contribution in [0, 0.1) is 0 Å². The van der Waals surface area contributed by atoms with Crippen LogP contribution in [0.15, 0.2) is 47.2 Å². The van der Waals surface area contributed by atoms with Gasteiger partial charge in [0.2, 0.25) is 0 Å². The zero-order valence-corrected chi connectivity index (χ0v) is 13.1. The van der Waals surface area contributed by atoms with Gasteiger partial charge in [-0.3, -0.25) is 4.98 Å². The molecule has 0 amide bonds. The molecule has 2 aromatic rings. The molecule has 0 aliphatic carbocycles. The summed E-state index contributed by atoms with van der Waals surface area (Å²) in [6.45, 7) is 2.66. The molecule has 0 bridgehead atoms. The van der Waals surface area contributed by atoms with Crippen molar-refractivity contribution in [2.45, 2.75) is 25.8 Å². The average molecular weight is 335 g/mol. The van der Waals surface area contributed by atoms with Crippen LogP contribution in [0.25, 0.3) is 0 Å². The highest BCUT2D eigenvalue weighted by Crippen LogP contribution is 2.23. The Morgan fingerprint density at radius 2 is 2.00 bits per heavy atom. The van der Waals surface area contributed by atoms with Gasteiger partial charge >= 0.3 is 0 Å². The lowest BCUT2D eigenvalue weighted by molar-refractivity contribution is 0.321. The first-order chi connectivity index (χ1) is 9.65. The van der Waals surface area contributed by atoms with Crippen molar-refractivity contribution in [1.82, 2.24) is 4.98 Å². The van der Waals surface area contributed by atoms with Crippen molar-refractivity contribution in [3.63, 3.8) is 0 Å². The zero-order valence-electron chi connectivity index (χ0n) is 11.6. The summed E-state index contributed by atoms with van der Waals surface area (Å²) >= 11 is 3.55. The molecule has 3 nitrogen and oxygen atoms in total. The molecule has 1 heterocycles. The first-order valence-electron chi connectivity index (χ1n) is 6.71. The van der Waals surface area contributed by atoms with Crippen LogP contribution in [0.2, 0.25) is 0 Å². The molecule has 1 unspecified atom stereocenters. The summed E-state index contributed by atoms with van der Waals surface area (Å²) in [4.78, 5) is 4.00. The number of hydrogen-bond acceptors (Lipinski definition) is 3. The fourth-order valence-corrected chi connectivity index (χ4v) is 2.39. The molecule has 106 valence electrons. The predicted molar refractivity (Wildman–Crippen MR) is 84.9 cm³/mol. The average Bonchev–Trinajstić information content (AvgIpc) is 2.43. The molecular weight excluding hydrogens is 316 g/mol. The van der Waals surface area contributed by atoms with Crippen LogP contribution in [0.4, 0.5) is 0 Å². The lowest BCUT2D eigenvalue weighted by atomic mass is 10.1. The Morgan fingerprint density at radius 1 is 1.25 bits per heavy atom. The minimum Gasteiger partial charge on any atom is -0.493 e. The first-order valence-corrected chi connectivity index (χ1v) is 7.50. The van der Waals surface area contributed by atoms with E-state index in [9.17, 15) is 0 Å². The van der Waals surface area contributed by atoms with Crippen LogP contribution >= 0.6 is 15.9 Å². The largest absolute Gasteiger partial charge is 0.493 e. The van der Waals surface area contributed by atoms with Crippen molar-refractivity contribution in [2.75, 3.05) is 6.61 Å². The summed E-state index contributed by atoms with van der Waals surface area (Å²) in [5.74, 6) is 0.887. The first kappa shape index (κ1) is 15.0. The molecule has 0 saturated heterocycles. The Labute approximate surface area is 128 Å². The molecule has 0 radical (unpaired) electrons. The van der Waals surface area contributed by atoms with Crippen molar-refractivity contribution < 1.29 is 4.74 Å². The molecule has 0 aliphatic heterocycles. The molecule has 4 heteroatoms. The van der Waals surface area contributed by atoms with Crippen molar-refractivity contribution >= 4 is 15.9 Å². The third-order valence-corrected chi connectivity index (χ3v) is 3.74. The van der Waals surface area contributed by atoms with E-state index in [2.05, 4.69) is 27.0 Å². The van der Waals surface area contributed by atoms with Crippen molar-refractivity contribution in [1.29, 1.82) is 0 Å². The van der Waals surface area contributed by atoms with Gasteiger partial charge in [-0.25, -0.2) is 0 Å². The Kier molecular flexibility index (Phi) is 5.56. The SMILES string of the molecule is CC(N)Cc1cc(OCCc2ccncc2)ccc1Br. The van der Waals surface area contributed by atoms with Gasteiger partial charge < -0.3 is 10.5 Å².